The van der Waals surface area contributed by atoms with Crippen LogP contribution in [0.3, 0.4) is 0 Å². The van der Waals surface area contributed by atoms with E-state index in [1.807, 2.05) is 24.3 Å². The maximum absolute atomic E-state index is 12.4. The number of aryl methyl sites for hydroxylation is 1. The molecule has 1 fully saturated rings. The van der Waals surface area contributed by atoms with Crippen LogP contribution in [0.1, 0.15) is 62.5 Å². The third kappa shape index (κ3) is 5.97. The molecule has 0 spiro atoms. The largest absolute Gasteiger partial charge is 0.489 e. The summed E-state index contributed by atoms with van der Waals surface area (Å²) < 4.78 is 11.5. The van der Waals surface area contributed by atoms with Gasteiger partial charge in [-0.1, -0.05) is 44.0 Å². The fraction of sp³-hybridized carbons (Fsp3) is 0.565. The number of hydrogen-bond acceptors (Lipinski definition) is 5. The van der Waals surface area contributed by atoms with Gasteiger partial charge < -0.3 is 14.6 Å². The zero-order valence-corrected chi connectivity index (χ0v) is 23.9. The molecule has 1 saturated carbocycles. The van der Waals surface area contributed by atoms with Crippen LogP contribution in [0.2, 0.25) is 0 Å². The molecule has 161 valence electrons. The first-order valence-electron chi connectivity index (χ1n) is 10.4. The fourth-order valence-corrected chi connectivity index (χ4v) is 4.89. The third-order valence-electron chi connectivity index (χ3n) is 5.93. The van der Waals surface area contributed by atoms with E-state index in [9.17, 15) is 14.7 Å². The molecule has 0 amide bonds. The monoisotopic (exact) mass is 691 g/mol. The van der Waals surface area contributed by atoms with E-state index >= 15 is 0 Å². The van der Waals surface area contributed by atoms with E-state index in [1.165, 1.54) is 7.11 Å². The van der Waals surface area contributed by atoms with Gasteiger partial charge in [0.2, 0.25) is 0 Å². The van der Waals surface area contributed by atoms with Crippen molar-refractivity contribution in [1.29, 1.82) is 0 Å². The van der Waals surface area contributed by atoms with Crippen LogP contribution in [0, 0.1) is 50.0 Å². The molecule has 30 heavy (non-hydrogen) atoms. The first-order valence-corrected chi connectivity index (χ1v) is 11.2. The topological polar surface area (TPSA) is 72.8 Å². The first kappa shape index (κ1) is 26.0. The van der Waals surface area contributed by atoms with E-state index in [2.05, 4.69) is 22.9 Å². The minimum Gasteiger partial charge on any atom is -0.489 e. The second-order valence-corrected chi connectivity index (χ2v) is 8.72. The molecule has 0 aromatic heterocycles. The number of unbranched alkanes of at least 4 members (excludes halogenated alkanes) is 2. The average Bonchev–Trinajstić information content (AvgIpc) is 3.22. The zero-order chi connectivity index (χ0) is 21.0. The first-order chi connectivity index (χ1) is 14.0. The van der Waals surface area contributed by atoms with Crippen molar-refractivity contribution in [2.45, 2.75) is 70.0 Å². The molecule has 7 heteroatoms. The molecule has 3 rings (SSSR count). The van der Waals surface area contributed by atoms with Crippen LogP contribution in [0.4, 0.5) is 0 Å². The van der Waals surface area contributed by atoms with Crippen molar-refractivity contribution >= 4 is 27.7 Å². The van der Waals surface area contributed by atoms with Gasteiger partial charge in [-0.2, -0.15) is 0 Å². The normalized spacial score (nSPS) is 24.5. The molecule has 0 bridgehead atoms. The summed E-state index contributed by atoms with van der Waals surface area (Å²) in [5, 5.41) is 10.6. The summed E-state index contributed by atoms with van der Waals surface area (Å²) in [5.74, 6) is 0.486. The number of aliphatic hydroxyl groups excluding tert-OH is 1. The van der Waals surface area contributed by atoms with Gasteiger partial charge in [0.1, 0.15) is 11.9 Å². The molecule has 5 nitrogen and oxygen atoms in total. The Hall–Kier alpha value is -0.218. The number of esters is 1. The number of carbonyl (C=O) groups is 2. The van der Waals surface area contributed by atoms with E-state index < -0.39 is 6.10 Å². The number of Topliss-reactive ketones (excluding diaryl/α,β-unsaturated/α-hetero) is 1. The van der Waals surface area contributed by atoms with Crippen LogP contribution in [0.15, 0.2) is 28.8 Å². The predicted octanol–water partition coefficient (Wildman–Crippen LogP) is 4.45. The molecule has 1 N–H and O–H groups in total. The molecule has 0 unspecified atom stereocenters. The number of allylic oxidation sites excluding steroid dienone is 1. The number of carbonyl (C=O) groups excluding carboxylic acids is 2. The number of rotatable bonds is 9. The number of fused-ring (bicyclic) bond motifs is 3. The number of benzene rings is 1. The molecule has 2 aliphatic rings. The van der Waals surface area contributed by atoms with Crippen molar-refractivity contribution in [3.63, 3.8) is 0 Å². The van der Waals surface area contributed by atoms with Gasteiger partial charge >= 0.3 is 5.97 Å². The van der Waals surface area contributed by atoms with E-state index in [4.69, 9.17) is 9.47 Å². The van der Waals surface area contributed by atoms with Gasteiger partial charge in [-0.25, -0.2) is 0 Å². The van der Waals surface area contributed by atoms with Crippen molar-refractivity contribution in [2.24, 2.45) is 5.92 Å². The number of methoxy groups -OCH3 is 1. The Morgan fingerprint density at radius 2 is 2.07 bits per heavy atom. The summed E-state index contributed by atoms with van der Waals surface area (Å²) in [5.41, 5.74) is 2.03. The van der Waals surface area contributed by atoms with Crippen LogP contribution in [-0.2, 0) is 20.7 Å². The number of para-hydroxylation sites is 1. The Balaban J connectivity index is 0.00000320. The Kier molecular flexibility index (Phi) is 10.5. The SMILES string of the molecule is CCCCCC(=O)/C(Br)=C/[C@@H]1[C@H]2c3cccc(CCC(=O)OC)c3O[C@H]2C[C@H]1O.[Ac]. The maximum atomic E-state index is 12.4. The van der Waals surface area contributed by atoms with E-state index in [-0.39, 0.29) is 73.8 Å². The van der Waals surface area contributed by atoms with Gasteiger partial charge in [0, 0.05) is 80.7 Å². The minimum absolute atomic E-state index is 0. The quantitative estimate of drug-likeness (QED) is 0.236. The van der Waals surface area contributed by atoms with Crippen molar-refractivity contribution in [2.75, 3.05) is 7.11 Å². The fourth-order valence-electron chi connectivity index (χ4n) is 4.39. The van der Waals surface area contributed by atoms with Crippen LogP contribution in [0.5, 0.6) is 5.75 Å². The molecule has 1 aliphatic carbocycles. The van der Waals surface area contributed by atoms with Crippen molar-refractivity contribution in [3.05, 3.63) is 39.9 Å². The van der Waals surface area contributed by atoms with Crippen molar-refractivity contribution in [3.8, 4) is 5.75 Å². The van der Waals surface area contributed by atoms with Gasteiger partial charge in [-0.05, 0) is 34.3 Å². The summed E-state index contributed by atoms with van der Waals surface area (Å²) >= 11 is 3.44. The summed E-state index contributed by atoms with van der Waals surface area (Å²) in [6, 6.07) is 5.96. The van der Waals surface area contributed by atoms with E-state index in [1.54, 1.807) is 0 Å². The van der Waals surface area contributed by atoms with Gasteiger partial charge in [-0.3, -0.25) is 9.59 Å². The number of halogens is 1. The molecule has 1 radical (unpaired) electrons. The number of hydrogen-bond donors (Lipinski definition) is 1. The van der Waals surface area contributed by atoms with Crippen LogP contribution in [-0.4, -0.2) is 36.2 Å². The van der Waals surface area contributed by atoms with Crippen LogP contribution in [0.25, 0.3) is 0 Å². The predicted molar refractivity (Wildman–Crippen MR) is 114 cm³/mol. The molecule has 0 saturated heterocycles. The second kappa shape index (κ2) is 12.1. The number of ether oxygens (including phenoxy) is 2. The molecule has 1 aromatic rings. The molecule has 4 atom stereocenters. The summed E-state index contributed by atoms with van der Waals surface area (Å²) in [6.45, 7) is 2.11. The Bertz CT molecular complexity index is 794. The molecule has 1 aliphatic heterocycles. The Morgan fingerprint density at radius 1 is 1.30 bits per heavy atom. The number of aliphatic hydroxyl groups is 1. The van der Waals surface area contributed by atoms with Gasteiger partial charge in [0.05, 0.1) is 17.7 Å². The average molecular weight is 692 g/mol. The third-order valence-corrected chi connectivity index (χ3v) is 6.63. The Labute approximate surface area is 222 Å². The van der Waals surface area contributed by atoms with Crippen molar-refractivity contribution in [1.82, 2.24) is 0 Å². The zero-order valence-electron chi connectivity index (χ0n) is 17.6. The van der Waals surface area contributed by atoms with Gasteiger partial charge in [0.25, 0.3) is 0 Å². The van der Waals surface area contributed by atoms with Crippen molar-refractivity contribution < 1.29 is 68.2 Å². The summed E-state index contributed by atoms with van der Waals surface area (Å²) in [6.07, 6.45) is 6.12. The number of ketones is 1. The minimum atomic E-state index is -0.548. The van der Waals surface area contributed by atoms with Crippen LogP contribution < -0.4 is 4.74 Å². The second-order valence-electron chi connectivity index (χ2n) is 7.87. The van der Waals surface area contributed by atoms with Crippen LogP contribution >= 0.6 is 15.9 Å². The maximum Gasteiger partial charge on any atom is 0.305 e. The molecule has 1 aromatic carbocycles. The molecular formula is C23H29AcBrO5. The molecular weight excluding hydrogens is 663 g/mol. The summed E-state index contributed by atoms with van der Waals surface area (Å²) in [7, 11) is 1.39. The van der Waals surface area contributed by atoms with Gasteiger partial charge in [0.15, 0.2) is 5.78 Å². The van der Waals surface area contributed by atoms with E-state index in [0.29, 0.717) is 30.2 Å². The smallest absolute Gasteiger partial charge is 0.305 e. The Morgan fingerprint density at radius 3 is 2.77 bits per heavy atom. The molecule has 1 heterocycles. The standard InChI is InChI=1S/C23H29BrO5.Ac/c1-3-4-5-9-18(25)17(24)12-16-19(26)13-20-22(16)15-8-6-7-14(23(15)29-20)10-11-21(27)28-2;/h6-8,12,16,19-20,22,26H,3-5,9-11,13H2,1-2H3;/b17-12-;/t16-,19+,20-,22+;/m0./s1. The van der Waals surface area contributed by atoms with Gasteiger partial charge in [-0.15, -0.1) is 0 Å². The van der Waals surface area contributed by atoms with E-state index in [0.717, 1.165) is 36.1 Å². The summed E-state index contributed by atoms with van der Waals surface area (Å²) in [4.78, 5) is 23.9.